The largest absolute Gasteiger partial charge is 0.456 e. The van der Waals surface area contributed by atoms with E-state index in [-0.39, 0.29) is 4.90 Å². The lowest BCUT2D eigenvalue weighted by atomic mass is 10.2. The van der Waals surface area contributed by atoms with Crippen LogP contribution in [0.3, 0.4) is 0 Å². The molecule has 0 saturated carbocycles. The van der Waals surface area contributed by atoms with Crippen molar-refractivity contribution in [3.8, 4) is 11.5 Å². The van der Waals surface area contributed by atoms with Crippen molar-refractivity contribution in [3.05, 3.63) is 53.1 Å². The van der Waals surface area contributed by atoms with E-state index >= 15 is 0 Å². The predicted molar refractivity (Wildman–Crippen MR) is 74.1 cm³/mol. The number of halogens is 1. The van der Waals surface area contributed by atoms with Gasteiger partial charge < -0.3 is 4.74 Å². The number of hydrogen-bond acceptors (Lipinski definition) is 3. The van der Waals surface area contributed by atoms with Gasteiger partial charge in [0.2, 0.25) is 10.0 Å². The molecule has 0 radical (unpaired) electrons. The fourth-order valence-corrected chi connectivity index (χ4v) is 2.18. The summed E-state index contributed by atoms with van der Waals surface area (Å²) >= 11 is 6.01. The fourth-order valence-electron chi connectivity index (χ4n) is 1.51. The van der Waals surface area contributed by atoms with Crippen molar-refractivity contribution in [2.75, 3.05) is 0 Å². The van der Waals surface area contributed by atoms with Gasteiger partial charge in [-0.1, -0.05) is 17.7 Å². The van der Waals surface area contributed by atoms with Gasteiger partial charge in [0.05, 0.1) is 9.92 Å². The standard InChI is InChI=1S/C13H12ClNO3S/c1-9-2-7-12(14)13(8-9)18-10-3-5-11(6-4-10)19(15,16)17/h2-8H,1H3,(H2,15,16,17). The van der Waals surface area contributed by atoms with Gasteiger partial charge in [-0.3, -0.25) is 0 Å². The summed E-state index contributed by atoms with van der Waals surface area (Å²) in [5, 5.41) is 5.50. The number of aryl methyl sites for hydroxylation is 1. The third kappa shape index (κ3) is 3.47. The first-order valence-electron chi connectivity index (χ1n) is 5.43. The van der Waals surface area contributed by atoms with Gasteiger partial charge >= 0.3 is 0 Å². The van der Waals surface area contributed by atoms with E-state index in [4.69, 9.17) is 21.5 Å². The van der Waals surface area contributed by atoms with Crippen LogP contribution in [0.4, 0.5) is 0 Å². The molecule has 2 aromatic carbocycles. The van der Waals surface area contributed by atoms with Crippen LogP contribution in [-0.4, -0.2) is 8.42 Å². The van der Waals surface area contributed by atoms with E-state index in [1.807, 2.05) is 13.0 Å². The molecule has 0 aliphatic heterocycles. The summed E-state index contributed by atoms with van der Waals surface area (Å²) in [6.07, 6.45) is 0. The molecule has 2 rings (SSSR count). The fraction of sp³-hybridized carbons (Fsp3) is 0.0769. The summed E-state index contributed by atoms with van der Waals surface area (Å²) in [6, 6.07) is 11.2. The van der Waals surface area contributed by atoms with Crippen LogP contribution in [0.5, 0.6) is 11.5 Å². The Morgan fingerprint density at radius 2 is 1.74 bits per heavy atom. The molecule has 0 bridgehead atoms. The maximum absolute atomic E-state index is 11.1. The summed E-state index contributed by atoms with van der Waals surface area (Å²) in [7, 11) is -3.69. The highest BCUT2D eigenvalue weighted by Crippen LogP contribution is 2.30. The summed E-state index contributed by atoms with van der Waals surface area (Å²) in [5.41, 5.74) is 1.01. The SMILES string of the molecule is Cc1ccc(Cl)c(Oc2ccc(S(N)(=O)=O)cc2)c1. The topological polar surface area (TPSA) is 69.4 Å². The Kier molecular flexibility index (Phi) is 3.80. The number of sulfonamides is 1. The molecule has 0 atom stereocenters. The van der Waals surface area contributed by atoms with E-state index in [2.05, 4.69) is 0 Å². The second kappa shape index (κ2) is 5.21. The highest BCUT2D eigenvalue weighted by Gasteiger charge is 2.08. The van der Waals surface area contributed by atoms with E-state index in [0.717, 1.165) is 5.56 Å². The Balaban J connectivity index is 2.27. The van der Waals surface area contributed by atoms with Crippen LogP contribution in [0, 0.1) is 6.92 Å². The normalized spacial score (nSPS) is 11.3. The Morgan fingerprint density at radius 1 is 1.11 bits per heavy atom. The molecule has 0 aliphatic rings. The summed E-state index contributed by atoms with van der Waals surface area (Å²) in [5.74, 6) is 1.00. The minimum Gasteiger partial charge on any atom is -0.456 e. The zero-order valence-electron chi connectivity index (χ0n) is 10.1. The van der Waals surface area contributed by atoms with E-state index < -0.39 is 10.0 Å². The van der Waals surface area contributed by atoms with Crippen LogP contribution in [0.1, 0.15) is 5.56 Å². The van der Waals surface area contributed by atoms with Crippen molar-refractivity contribution >= 4 is 21.6 Å². The Hall–Kier alpha value is -1.56. The van der Waals surface area contributed by atoms with Gasteiger partial charge in [-0.2, -0.15) is 0 Å². The van der Waals surface area contributed by atoms with Gasteiger partial charge in [-0.25, -0.2) is 13.6 Å². The minimum atomic E-state index is -3.69. The van der Waals surface area contributed by atoms with Gasteiger partial charge in [0.25, 0.3) is 0 Å². The molecule has 4 nitrogen and oxygen atoms in total. The molecule has 0 spiro atoms. The molecular weight excluding hydrogens is 286 g/mol. The first-order valence-corrected chi connectivity index (χ1v) is 7.35. The first kappa shape index (κ1) is 13.9. The van der Waals surface area contributed by atoms with Crippen LogP contribution in [0.15, 0.2) is 47.4 Å². The van der Waals surface area contributed by atoms with Crippen molar-refractivity contribution in [2.24, 2.45) is 5.14 Å². The maximum atomic E-state index is 11.1. The summed E-state index contributed by atoms with van der Waals surface area (Å²) in [4.78, 5) is 0.0372. The molecule has 0 aliphatic carbocycles. The third-order valence-electron chi connectivity index (χ3n) is 2.47. The van der Waals surface area contributed by atoms with Crippen LogP contribution >= 0.6 is 11.6 Å². The molecule has 100 valence electrons. The quantitative estimate of drug-likeness (QED) is 0.946. The van der Waals surface area contributed by atoms with Crippen LogP contribution in [0.2, 0.25) is 5.02 Å². The Bertz CT molecular complexity index is 696. The lowest BCUT2D eigenvalue weighted by Crippen LogP contribution is -2.11. The average Bonchev–Trinajstić information content (AvgIpc) is 2.33. The smallest absolute Gasteiger partial charge is 0.238 e. The zero-order valence-corrected chi connectivity index (χ0v) is 11.7. The molecule has 0 aromatic heterocycles. The average molecular weight is 298 g/mol. The molecule has 2 N–H and O–H groups in total. The number of hydrogen-bond donors (Lipinski definition) is 1. The molecule has 6 heteroatoms. The summed E-state index contributed by atoms with van der Waals surface area (Å²) in [6.45, 7) is 1.92. The number of rotatable bonds is 3. The van der Waals surface area contributed by atoms with Crippen molar-refractivity contribution in [3.63, 3.8) is 0 Å². The first-order chi connectivity index (χ1) is 8.86. The maximum Gasteiger partial charge on any atom is 0.238 e. The summed E-state index contributed by atoms with van der Waals surface area (Å²) < 4.78 is 27.8. The molecule has 2 aromatic rings. The van der Waals surface area contributed by atoms with Gasteiger partial charge in [-0.05, 0) is 48.9 Å². The van der Waals surface area contributed by atoms with Gasteiger partial charge in [-0.15, -0.1) is 0 Å². The lowest BCUT2D eigenvalue weighted by molar-refractivity contribution is 0.482. The lowest BCUT2D eigenvalue weighted by Gasteiger charge is -2.08. The second-order valence-corrected chi connectivity index (χ2v) is 6.02. The van der Waals surface area contributed by atoms with Crippen LogP contribution in [0.25, 0.3) is 0 Å². The number of ether oxygens (including phenoxy) is 1. The highest BCUT2D eigenvalue weighted by atomic mass is 35.5. The Morgan fingerprint density at radius 3 is 2.32 bits per heavy atom. The monoisotopic (exact) mass is 297 g/mol. The molecule has 0 heterocycles. The van der Waals surface area contributed by atoms with Crippen molar-refractivity contribution in [1.29, 1.82) is 0 Å². The van der Waals surface area contributed by atoms with Crippen molar-refractivity contribution < 1.29 is 13.2 Å². The van der Waals surface area contributed by atoms with E-state index in [0.29, 0.717) is 16.5 Å². The van der Waals surface area contributed by atoms with Gasteiger partial charge in [0.15, 0.2) is 0 Å². The molecule has 0 saturated heterocycles. The molecular formula is C13H12ClNO3S. The van der Waals surface area contributed by atoms with Crippen molar-refractivity contribution in [2.45, 2.75) is 11.8 Å². The number of nitrogens with two attached hydrogens (primary N) is 1. The second-order valence-electron chi connectivity index (χ2n) is 4.05. The van der Waals surface area contributed by atoms with E-state index in [1.165, 1.54) is 24.3 Å². The molecule has 19 heavy (non-hydrogen) atoms. The van der Waals surface area contributed by atoms with Crippen molar-refractivity contribution in [1.82, 2.24) is 0 Å². The van der Waals surface area contributed by atoms with Gasteiger partial charge in [0, 0.05) is 0 Å². The van der Waals surface area contributed by atoms with E-state index in [9.17, 15) is 8.42 Å². The zero-order chi connectivity index (χ0) is 14.0. The van der Waals surface area contributed by atoms with Gasteiger partial charge in [0.1, 0.15) is 11.5 Å². The van der Waals surface area contributed by atoms with E-state index in [1.54, 1.807) is 12.1 Å². The molecule has 0 unspecified atom stereocenters. The van der Waals surface area contributed by atoms with Crippen LogP contribution in [-0.2, 0) is 10.0 Å². The minimum absolute atomic E-state index is 0.0372. The molecule has 0 amide bonds. The van der Waals surface area contributed by atoms with Crippen LogP contribution < -0.4 is 9.88 Å². The highest BCUT2D eigenvalue weighted by molar-refractivity contribution is 7.89. The Labute approximate surface area is 116 Å². The number of benzene rings is 2. The number of primary sulfonamides is 1. The third-order valence-corrected chi connectivity index (χ3v) is 3.71. The molecule has 0 fully saturated rings. The predicted octanol–water partition coefficient (Wildman–Crippen LogP) is 3.09.